The molecule has 0 aromatic heterocycles. The number of methoxy groups -OCH3 is 2. The second-order valence-corrected chi connectivity index (χ2v) is 6.42. The summed E-state index contributed by atoms with van der Waals surface area (Å²) in [6.45, 7) is 7.16. The molecule has 0 atom stereocenters. The van der Waals surface area contributed by atoms with Gasteiger partial charge in [-0.2, -0.15) is 6.08 Å². The van der Waals surface area contributed by atoms with Crippen LogP contribution in [-0.2, 0) is 47.7 Å². The van der Waals surface area contributed by atoms with Crippen molar-refractivity contribution in [2.45, 2.75) is 47.0 Å². The first-order valence-corrected chi connectivity index (χ1v) is 10.4. The summed E-state index contributed by atoms with van der Waals surface area (Å²) in [6.07, 6.45) is 2.80. The van der Waals surface area contributed by atoms with Gasteiger partial charge in [0.1, 0.15) is 18.6 Å². The number of alkyl halides is 1. The Kier molecular flexibility index (Phi) is 27.2. The summed E-state index contributed by atoms with van der Waals surface area (Å²) in [6, 6.07) is 0. The number of halogens is 1. The third-order valence-corrected chi connectivity index (χ3v) is 3.90. The van der Waals surface area contributed by atoms with Gasteiger partial charge in [-0.05, 0) is 26.3 Å². The van der Waals surface area contributed by atoms with Crippen molar-refractivity contribution in [2.24, 2.45) is 0 Å². The minimum atomic E-state index is -0.541. The first-order valence-electron chi connectivity index (χ1n) is 9.84. The van der Waals surface area contributed by atoms with Gasteiger partial charge in [-0.25, -0.2) is 4.79 Å². The summed E-state index contributed by atoms with van der Waals surface area (Å²) in [5.74, 6) is -2.44. The third-order valence-electron chi connectivity index (χ3n) is 3.60. The minimum Gasteiger partial charge on any atom is -0.870 e. The second kappa shape index (κ2) is 23.7. The van der Waals surface area contributed by atoms with Crippen molar-refractivity contribution in [3.8, 4) is 0 Å². The van der Waals surface area contributed by atoms with Gasteiger partial charge in [0.05, 0.1) is 33.3 Å². The number of ether oxygens (including phenoxy) is 4. The average Bonchev–Trinajstić information content (AvgIpc) is 3.15. The SMILES string of the molecule is CCOC(=O)C1=C(C)C(C(=O)OC)=[C-]C1.CCOC(=O)CC(C)=O.COC(=O)CC(=O)CCl.[Na+].[OH-]. The Morgan fingerprint density at radius 2 is 1.43 bits per heavy atom. The zero-order chi connectivity index (χ0) is 26.0. The van der Waals surface area contributed by atoms with Gasteiger partial charge in [-0.3, -0.25) is 19.2 Å². The molecule has 0 saturated carbocycles. The first-order chi connectivity index (χ1) is 15.5. The summed E-state index contributed by atoms with van der Waals surface area (Å²) < 4.78 is 18.1. The van der Waals surface area contributed by atoms with Crippen LogP contribution in [0.4, 0.5) is 0 Å². The molecule has 0 aromatic rings. The molecule has 0 fully saturated rings. The van der Waals surface area contributed by atoms with E-state index in [1.54, 1.807) is 20.8 Å². The summed E-state index contributed by atoms with van der Waals surface area (Å²) in [5.41, 5.74) is 1.41. The fourth-order valence-electron chi connectivity index (χ4n) is 2.06. The van der Waals surface area contributed by atoms with E-state index < -0.39 is 17.9 Å². The molecule has 0 heterocycles. The maximum Gasteiger partial charge on any atom is 1.00 e. The monoisotopic (exact) mass is 529 g/mol. The van der Waals surface area contributed by atoms with Crippen LogP contribution in [0.15, 0.2) is 16.7 Å². The van der Waals surface area contributed by atoms with E-state index in [-0.39, 0.29) is 71.3 Å². The van der Waals surface area contributed by atoms with Gasteiger partial charge in [-0.15, -0.1) is 22.7 Å². The van der Waals surface area contributed by atoms with E-state index in [0.29, 0.717) is 36.4 Å². The summed E-state index contributed by atoms with van der Waals surface area (Å²) in [7, 11) is 2.52. The molecular formula is C22H31ClNaO11-. The molecule has 0 spiro atoms. The molecule has 194 valence electrons. The predicted molar refractivity (Wildman–Crippen MR) is 119 cm³/mol. The van der Waals surface area contributed by atoms with Crippen LogP contribution in [0.25, 0.3) is 0 Å². The van der Waals surface area contributed by atoms with Crippen LogP contribution in [0.1, 0.15) is 47.0 Å². The number of carbonyl (C=O) groups is 6. The van der Waals surface area contributed by atoms with Crippen LogP contribution in [0, 0.1) is 6.08 Å². The van der Waals surface area contributed by atoms with Gasteiger partial charge in [0.15, 0.2) is 5.78 Å². The summed E-state index contributed by atoms with van der Waals surface area (Å²) in [4.78, 5) is 63.9. The molecule has 1 aliphatic rings. The van der Waals surface area contributed by atoms with Gasteiger partial charge < -0.3 is 29.2 Å². The largest absolute Gasteiger partial charge is 1.00 e. The van der Waals surface area contributed by atoms with Crippen molar-refractivity contribution in [2.75, 3.05) is 33.3 Å². The van der Waals surface area contributed by atoms with Crippen molar-refractivity contribution in [3.63, 3.8) is 0 Å². The Bertz CT molecular complexity index is 774. The van der Waals surface area contributed by atoms with Gasteiger partial charge in [-0.1, -0.05) is 13.3 Å². The van der Waals surface area contributed by atoms with Crippen molar-refractivity contribution >= 4 is 47.0 Å². The Balaban J connectivity index is -0.000000212. The number of hydrogen-bond donors (Lipinski definition) is 0. The number of carbonyl (C=O) groups excluding carboxylic acids is 6. The number of ketones is 2. The Hall–Kier alpha value is -2.05. The van der Waals surface area contributed by atoms with Crippen LogP contribution in [0.5, 0.6) is 0 Å². The molecule has 1 rings (SSSR count). The quantitative estimate of drug-likeness (QED) is 0.0885. The van der Waals surface area contributed by atoms with Gasteiger partial charge in [0.2, 0.25) is 5.97 Å². The van der Waals surface area contributed by atoms with Crippen LogP contribution >= 0.6 is 11.6 Å². The van der Waals surface area contributed by atoms with Crippen molar-refractivity contribution in [3.05, 3.63) is 22.8 Å². The Morgan fingerprint density at radius 1 is 0.886 bits per heavy atom. The molecular weight excluding hydrogens is 499 g/mol. The van der Waals surface area contributed by atoms with E-state index in [2.05, 4.69) is 20.3 Å². The molecule has 11 nitrogen and oxygen atoms in total. The van der Waals surface area contributed by atoms with Crippen LogP contribution in [-0.4, -0.2) is 74.2 Å². The molecule has 0 radical (unpaired) electrons. The number of Topliss-reactive ketones (excluding diaryl/α,β-unsaturated/α-hetero) is 2. The van der Waals surface area contributed by atoms with Crippen LogP contribution in [0.3, 0.4) is 0 Å². The van der Waals surface area contributed by atoms with Gasteiger partial charge in [0, 0.05) is 0 Å². The molecule has 0 aliphatic heterocycles. The van der Waals surface area contributed by atoms with E-state index in [1.165, 1.54) is 21.1 Å². The summed E-state index contributed by atoms with van der Waals surface area (Å²) >= 11 is 5.10. The van der Waals surface area contributed by atoms with Crippen molar-refractivity contribution in [1.29, 1.82) is 0 Å². The standard InChI is InChI=1S/C11H13O4.C6H10O3.C5H7ClO3.Na.H2O/c1-4-15-11(13)9-6-5-8(7(9)2)10(12)14-3;1-3-9-6(8)4-5(2)7;1-9-5(8)2-4(7)3-6;;/h4,6H2,1-3H3;3-4H2,1-2H3;2-3H2,1H3;;1H2/q-1;;;+1;/p-1. The number of hydrogen-bond acceptors (Lipinski definition) is 11. The fourth-order valence-corrected chi connectivity index (χ4v) is 2.15. The fraction of sp³-hybridized carbons (Fsp3) is 0.545. The van der Waals surface area contributed by atoms with E-state index in [1.807, 2.05) is 0 Å². The first kappa shape index (κ1) is 40.1. The molecule has 0 bridgehead atoms. The van der Waals surface area contributed by atoms with E-state index in [9.17, 15) is 28.8 Å². The maximum absolute atomic E-state index is 11.4. The van der Waals surface area contributed by atoms with E-state index in [0.717, 1.165) is 0 Å². The molecule has 1 aliphatic carbocycles. The second-order valence-electron chi connectivity index (χ2n) is 6.15. The normalized spacial score (nSPS) is 10.9. The van der Waals surface area contributed by atoms with Gasteiger partial charge >= 0.3 is 47.5 Å². The van der Waals surface area contributed by atoms with Gasteiger partial charge in [0.25, 0.3) is 0 Å². The third kappa shape index (κ3) is 18.9. The zero-order valence-electron chi connectivity index (χ0n) is 21.2. The number of esters is 4. The van der Waals surface area contributed by atoms with Crippen LogP contribution in [0.2, 0.25) is 0 Å². The Labute approximate surface area is 232 Å². The zero-order valence-corrected chi connectivity index (χ0v) is 23.9. The molecule has 13 heteroatoms. The predicted octanol–water partition coefficient (Wildman–Crippen LogP) is -1.11. The molecule has 0 aromatic carbocycles. The van der Waals surface area contributed by atoms with Crippen LogP contribution < -0.4 is 29.6 Å². The van der Waals surface area contributed by atoms with E-state index in [4.69, 9.17) is 16.3 Å². The minimum absolute atomic E-state index is 0. The average molecular weight is 530 g/mol. The molecule has 1 N–H and O–H groups in total. The molecule has 35 heavy (non-hydrogen) atoms. The maximum atomic E-state index is 11.4. The molecule has 0 unspecified atom stereocenters. The number of rotatable bonds is 9. The Morgan fingerprint density at radius 3 is 1.83 bits per heavy atom. The van der Waals surface area contributed by atoms with E-state index >= 15 is 0 Å². The molecule has 0 saturated heterocycles. The van der Waals surface area contributed by atoms with Crippen molar-refractivity contribution < 1.29 is 82.7 Å². The topological polar surface area (TPSA) is 169 Å². The number of allylic oxidation sites excluding steroid dienone is 1. The van der Waals surface area contributed by atoms with Crippen molar-refractivity contribution in [1.82, 2.24) is 0 Å². The smallest absolute Gasteiger partial charge is 0.870 e. The molecule has 0 amide bonds. The summed E-state index contributed by atoms with van der Waals surface area (Å²) in [5, 5.41) is 0.